The average Bonchev–Trinajstić information content (AvgIpc) is 2.82. The molecule has 21 heavy (non-hydrogen) atoms. The highest BCUT2D eigenvalue weighted by atomic mass is 32.3. The van der Waals surface area contributed by atoms with Crippen LogP contribution in [0.15, 0.2) is 34.6 Å². The maximum absolute atomic E-state index is 9.34. The highest BCUT2D eigenvalue weighted by Gasteiger charge is 2.27. The molecule has 1 heterocycles. The van der Waals surface area contributed by atoms with Gasteiger partial charge in [0, 0.05) is 29.4 Å². The fraction of sp³-hybridized carbons (Fsp3) is 0.375. The van der Waals surface area contributed by atoms with Gasteiger partial charge in [-0.2, -0.15) is 10.0 Å². The largest absolute Gasteiger partial charge is 0.399 e. The highest BCUT2D eigenvalue weighted by molar-refractivity contribution is 8.38. The highest BCUT2D eigenvalue weighted by Crippen LogP contribution is 2.59. The summed E-state index contributed by atoms with van der Waals surface area (Å²) in [5.41, 5.74) is 22.7. The Hall–Kier alpha value is -1.43. The minimum Gasteiger partial charge on any atom is -0.399 e. The van der Waals surface area contributed by atoms with Crippen LogP contribution in [0.3, 0.4) is 0 Å². The summed E-state index contributed by atoms with van der Waals surface area (Å²) in [6, 6.07) is 5.54. The van der Waals surface area contributed by atoms with Gasteiger partial charge >= 0.3 is 0 Å². The number of hydrogen-bond donors (Lipinski definition) is 4. The maximum atomic E-state index is 9.34. The van der Waals surface area contributed by atoms with E-state index < -0.39 is 10.0 Å². The van der Waals surface area contributed by atoms with Crippen LogP contribution in [0, 0.1) is 0 Å². The van der Waals surface area contributed by atoms with Gasteiger partial charge in [0.2, 0.25) is 0 Å². The van der Waals surface area contributed by atoms with Crippen LogP contribution >= 0.6 is 10.0 Å². The minimum atomic E-state index is -1.10. The summed E-state index contributed by atoms with van der Waals surface area (Å²) in [4.78, 5) is 0. The first kappa shape index (κ1) is 15.9. The van der Waals surface area contributed by atoms with Crippen LogP contribution in [-0.2, 0) is 0 Å². The van der Waals surface area contributed by atoms with E-state index in [0.29, 0.717) is 23.7 Å². The van der Waals surface area contributed by atoms with Crippen LogP contribution < -0.4 is 17.2 Å². The molecule has 2 rings (SSSR count). The quantitative estimate of drug-likeness (QED) is 0.607. The van der Waals surface area contributed by atoms with Crippen LogP contribution in [0.4, 0.5) is 11.4 Å². The third-order valence-electron chi connectivity index (χ3n) is 3.72. The molecule has 7 N–H and O–H groups in total. The van der Waals surface area contributed by atoms with Crippen molar-refractivity contribution in [1.82, 2.24) is 0 Å². The van der Waals surface area contributed by atoms with E-state index in [9.17, 15) is 5.11 Å². The van der Waals surface area contributed by atoms with Crippen molar-refractivity contribution in [2.75, 3.05) is 29.7 Å². The van der Waals surface area contributed by atoms with Gasteiger partial charge in [0.15, 0.2) is 0 Å². The second-order valence-corrected chi connectivity index (χ2v) is 8.60. The van der Waals surface area contributed by atoms with Gasteiger partial charge in [-0.05, 0) is 58.8 Å². The van der Waals surface area contributed by atoms with Gasteiger partial charge < -0.3 is 22.3 Å². The summed E-state index contributed by atoms with van der Waals surface area (Å²) in [5, 5.41) is 13.9. The summed E-state index contributed by atoms with van der Waals surface area (Å²) in [7, 11) is -1.10. The topological polar surface area (TPSA) is 98.3 Å². The molecule has 0 radical (unpaired) electrons. The molecule has 0 amide bonds. The first-order valence-electron chi connectivity index (χ1n) is 7.23. The van der Waals surface area contributed by atoms with Crippen molar-refractivity contribution >= 4 is 27.0 Å². The van der Waals surface area contributed by atoms with Crippen molar-refractivity contribution in [3.8, 4) is 0 Å². The molecule has 0 spiro atoms. The lowest BCUT2D eigenvalue weighted by molar-refractivity contribution is 0.301. The Balaban J connectivity index is 2.51. The van der Waals surface area contributed by atoms with E-state index >= 15 is 0 Å². The lowest BCUT2D eigenvalue weighted by Gasteiger charge is -2.29. The molecule has 1 aliphatic rings. The number of allylic oxidation sites excluding steroid dienone is 1. The number of rotatable bonds is 6. The Labute approximate surface area is 128 Å². The van der Waals surface area contributed by atoms with Crippen molar-refractivity contribution in [3.05, 3.63) is 40.2 Å². The first-order valence-corrected chi connectivity index (χ1v) is 9.32. The molecule has 0 aromatic heterocycles. The summed E-state index contributed by atoms with van der Waals surface area (Å²) < 4.78 is 0. The molecule has 1 unspecified atom stereocenters. The second kappa shape index (κ2) is 6.56. The van der Waals surface area contributed by atoms with Crippen LogP contribution in [0.25, 0.3) is 5.57 Å². The predicted octanol–water partition coefficient (Wildman–Crippen LogP) is 2.60. The number of hydrogen-bond acceptors (Lipinski definition) is 4. The summed E-state index contributed by atoms with van der Waals surface area (Å²) in [6.07, 6.45) is 1.71. The fourth-order valence-electron chi connectivity index (χ4n) is 2.73. The van der Waals surface area contributed by atoms with Crippen LogP contribution in [-0.4, -0.2) is 23.3 Å². The number of aliphatic hydroxyl groups excluding tert-OH is 1. The van der Waals surface area contributed by atoms with Crippen molar-refractivity contribution in [2.24, 2.45) is 5.73 Å². The molecule has 1 atom stereocenters. The summed E-state index contributed by atoms with van der Waals surface area (Å²) in [5.74, 6) is 1.71. The number of nitrogen functional groups attached to an aromatic ring is 2. The van der Waals surface area contributed by atoms with E-state index in [2.05, 4.69) is 17.7 Å². The number of benzene rings is 1. The fourth-order valence-corrected chi connectivity index (χ4v) is 5.71. The van der Waals surface area contributed by atoms with Gasteiger partial charge in [-0.15, -0.1) is 0 Å². The molecule has 0 saturated heterocycles. The third-order valence-corrected chi connectivity index (χ3v) is 6.97. The Kier molecular flexibility index (Phi) is 4.98. The van der Waals surface area contributed by atoms with E-state index in [0.717, 1.165) is 28.9 Å². The maximum Gasteiger partial charge on any atom is 0.0471 e. The van der Waals surface area contributed by atoms with E-state index in [1.165, 1.54) is 0 Å². The number of aliphatic hydroxyl groups is 1. The molecule has 0 fully saturated rings. The van der Waals surface area contributed by atoms with Crippen LogP contribution in [0.1, 0.15) is 25.3 Å². The molecule has 116 valence electrons. The SMILES string of the molecule is CCCS1(CN)C=C(CCO)C(c2cc(N)ccc2N)=C1. The van der Waals surface area contributed by atoms with Crippen molar-refractivity contribution in [3.63, 3.8) is 0 Å². The molecule has 4 nitrogen and oxygen atoms in total. The van der Waals surface area contributed by atoms with Crippen LogP contribution in [0.2, 0.25) is 0 Å². The first-order chi connectivity index (χ1) is 10.0. The standard InChI is InChI=1S/C16H25N3OS/c1-2-7-21(11-17)9-12(5-6-20)15(10-21)14-8-13(18)3-4-16(14)19/h3-4,8-10,20H,2,5-7,11,17-19H2,1H3. The van der Waals surface area contributed by atoms with Crippen molar-refractivity contribution in [1.29, 1.82) is 0 Å². The zero-order chi connectivity index (χ0) is 15.5. The molecular weight excluding hydrogens is 282 g/mol. The van der Waals surface area contributed by atoms with E-state index in [-0.39, 0.29) is 6.61 Å². The Bertz CT molecular complexity index is 583. The van der Waals surface area contributed by atoms with Gasteiger partial charge in [0.25, 0.3) is 0 Å². The molecule has 0 bridgehead atoms. The van der Waals surface area contributed by atoms with Gasteiger partial charge in [-0.25, -0.2) is 0 Å². The number of nitrogens with two attached hydrogens (primary N) is 3. The molecule has 5 heteroatoms. The zero-order valence-corrected chi connectivity index (χ0v) is 13.3. The minimum absolute atomic E-state index is 0.123. The third kappa shape index (κ3) is 3.26. The lowest BCUT2D eigenvalue weighted by atomic mass is 9.97. The smallest absolute Gasteiger partial charge is 0.0471 e. The molecule has 1 aliphatic heterocycles. The Morgan fingerprint density at radius 2 is 1.95 bits per heavy atom. The summed E-state index contributed by atoms with van der Waals surface area (Å²) >= 11 is 0. The summed E-state index contributed by atoms with van der Waals surface area (Å²) in [6.45, 7) is 2.29. The Morgan fingerprint density at radius 3 is 2.57 bits per heavy atom. The zero-order valence-electron chi connectivity index (χ0n) is 12.5. The number of anilines is 2. The van der Waals surface area contributed by atoms with Gasteiger partial charge in [0.1, 0.15) is 0 Å². The monoisotopic (exact) mass is 307 g/mol. The molecule has 1 aromatic carbocycles. The van der Waals surface area contributed by atoms with E-state index in [1.807, 2.05) is 12.1 Å². The molecular formula is C16H25N3OS. The van der Waals surface area contributed by atoms with Crippen LogP contribution in [0.5, 0.6) is 0 Å². The second-order valence-electron chi connectivity index (χ2n) is 5.37. The molecule has 0 saturated carbocycles. The average molecular weight is 307 g/mol. The van der Waals surface area contributed by atoms with Crippen molar-refractivity contribution < 1.29 is 5.11 Å². The Morgan fingerprint density at radius 1 is 1.19 bits per heavy atom. The predicted molar refractivity (Wildman–Crippen MR) is 94.8 cm³/mol. The normalized spacial score (nSPS) is 24.3. The van der Waals surface area contributed by atoms with Crippen molar-refractivity contribution in [2.45, 2.75) is 19.8 Å². The molecule has 0 aliphatic carbocycles. The van der Waals surface area contributed by atoms with E-state index in [4.69, 9.17) is 17.2 Å². The van der Waals surface area contributed by atoms with Gasteiger partial charge in [-0.3, -0.25) is 0 Å². The van der Waals surface area contributed by atoms with Gasteiger partial charge in [0.05, 0.1) is 0 Å². The van der Waals surface area contributed by atoms with Gasteiger partial charge in [-0.1, -0.05) is 6.92 Å². The van der Waals surface area contributed by atoms with E-state index in [1.54, 1.807) is 6.07 Å². The molecule has 1 aromatic rings. The lowest BCUT2D eigenvalue weighted by Crippen LogP contribution is -2.10.